The number of hydrogen-bond donors (Lipinski definition) is 1. The molecule has 3 heterocycles. The number of piperazine rings is 1. The quantitative estimate of drug-likeness (QED) is 0.417. The molecule has 0 unspecified atom stereocenters. The van der Waals surface area contributed by atoms with Crippen LogP contribution in [0.5, 0.6) is 5.75 Å². The normalized spacial score (nSPS) is 14.6. The van der Waals surface area contributed by atoms with Crippen LogP contribution in [0.25, 0.3) is 22.2 Å². The molecule has 1 fully saturated rings. The van der Waals surface area contributed by atoms with E-state index in [4.69, 9.17) is 9.72 Å². The maximum Gasteiger partial charge on any atom is 0.134 e. The molecule has 1 aliphatic heterocycles. The molecular formula is C28H34N6O. The maximum absolute atomic E-state index is 5.37. The minimum absolute atomic E-state index is 0.611. The number of benzene rings is 2. The highest BCUT2D eigenvalue weighted by Gasteiger charge is 2.19. The third-order valence-electron chi connectivity index (χ3n) is 7.05. The molecule has 1 aliphatic rings. The van der Waals surface area contributed by atoms with E-state index >= 15 is 0 Å². The molecule has 2 aromatic heterocycles. The Balaban J connectivity index is 1.45. The van der Waals surface area contributed by atoms with Crippen molar-refractivity contribution in [2.45, 2.75) is 26.8 Å². The van der Waals surface area contributed by atoms with Gasteiger partial charge in [-0.1, -0.05) is 12.1 Å². The summed E-state index contributed by atoms with van der Waals surface area (Å²) in [6, 6.07) is 17.7. The first-order valence-corrected chi connectivity index (χ1v) is 12.3. The summed E-state index contributed by atoms with van der Waals surface area (Å²) < 4.78 is 7.50. The number of aromatic nitrogens is 3. The average Bonchev–Trinajstić information content (AvgIpc) is 3.18. The van der Waals surface area contributed by atoms with Crippen LogP contribution in [0.4, 0.5) is 17.2 Å². The van der Waals surface area contributed by atoms with Crippen LogP contribution in [0.15, 0.2) is 54.7 Å². The van der Waals surface area contributed by atoms with Crippen molar-refractivity contribution in [1.82, 2.24) is 19.4 Å². The van der Waals surface area contributed by atoms with E-state index in [1.807, 2.05) is 19.1 Å². The largest absolute Gasteiger partial charge is 0.497 e. The number of rotatable bonds is 6. The van der Waals surface area contributed by atoms with Crippen LogP contribution in [-0.4, -0.2) is 58.8 Å². The van der Waals surface area contributed by atoms with Crippen LogP contribution in [0, 0.1) is 6.92 Å². The molecule has 7 heteroatoms. The highest BCUT2D eigenvalue weighted by molar-refractivity contribution is 5.95. The van der Waals surface area contributed by atoms with Crippen molar-refractivity contribution in [3.05, 3.63) is 60.6 Å². The number of anilines is 3. The molecule has 7 nitrogen and oxygen atoms in total. The van der Waals surface area contributed by atoms with Gasteiger partial charge in [-0.25, -0.2) is 9.97 Å². The Bertz CT molecular complexity index is 1320. The summed E-state index contributed by atoms with van der Waals surface area (Å²) >= 11 is 0. The lowest BCUT2D eigenvalue weighted by Gasteiger charge is -2.38. The summed E-state index contributed by atoms with van der Waals surface area (Å²) in [5.41, 5.74) is 6.54. The van der Waals surface area contributed by atoms with Gasteiger partial charge in [-0.05, 0) is 62.2 Å². The predicted molar refractivity (Wildman–Crippen MR) is 144 cm³/mol. The molecule has 0 amide bonds. The first-order valence-electron chi connectivity index (χ1n) is 12.3. The molecule has 0 saturated carbocycles. The van der Waals surface area contributed by atoms with E-state index in [-0.39, 0.29) is 0 Å². The van der Waals surface area contributed by atoms with Gasteiger partial charge in [-0.2, -0.15) is 0 Å². The number of hydrogen-bond acceptors (Lipinski definition) is 6. The van der Waals surface area contributed by atoms with E-state index in [1.165, 1.54) is 11.3 Å². The molecule has 2 aromatic carbocycles. The Morgan fingerprint density at radius 2 is 1.69 bits per heavy atom. The first kappa shape index (κ1) is 23.2. The number of fused-ring (bicyclic) bond motifs is 1. The number of methoxy groups -OCH3 is 1. The molecule has 1 saturated heterocycles. The molecule has 0 atom stereocenters. The van der Waals surface area contributed by atoms with Gasteiger partial charge in [-0.15, -0.1) is 0 Å². The average molecular weight is 471 g/mol. The summed E-state index contributed by atoms with van der Waals surface area (Å²) in [6.07, 6.45) is 1.74. The van der Waals surface area contributed by atoms with Crippen LogP contribution in [0.1, 0.15) is 19.7 Å². The predicted octanol–water partition coefficient (Wildman–Crippen LogP) is 5.23. The summed E-state index contributed by atoms with van der Waals surface area (Å²) in [5, 5.41) is 3.47. The van der Waals surface area contributed by atoms with Gasteiger partial charge in [0, 0.05) is 57.2 Å². The zero-order valence-electron chi connectivity index (χ0n) is 21.2. The van der Waals surface area contributed by atoms with Crippen LogP contribution in [0.3, 0.4) is 0 Å². The highest BCUT2D eigenvalue weighted by atomic mass is 16.5. The Kier molecular flexibility index (Phi) is 6.34. The summed E-state index contributed by atoms with van der Waals surface area (Å²) in [7, 11) is 3.72. The third kappa shape index (κ3) is 4.68. The fourth-order valence-corrected chi connectivity index (χ4v) is 4.77. The minimum Gasteiger partial charge on any atom is -0.497 e. The van der Waals surface area contributed by atoms with Crippen LogP contribution in [0.2, 0.25) is 0 Å². The fourth-order valence-electron chi connectivity index (χ4n) is 4.77. The van der Waals surface area contributed by atoms with Crippen molar-refractivity contribution >= 4 is 28.2 Å². The van der Waals surface area contributed by atoms with Gasteiger partial charge in [-0.3, -0.25) is 4.90 Å². The second-order valence-corrected chi connectivity index (χ2v) is 9.48. The van der Waals surface area contributed by atoms with Crippen molar-refractivity contribution < 1.29 is 4.74 Å². The molecule has 0 aliphatic carbocycles. The maximum atomic E-state index is 5.37. The van der Waals surface area contributed by atoms with E-state index in [2.05, 4.69) is 82.0 Å². The van der Waals surface area contributed by atoms with Gasteiger partial charge in [0.05, 0.1) is 18.3 Å². The summed E-state index contributed by atoms with van der Waals surface area (Å²) in [6.45, 7) is 10.9. The molecule has 35 heavy (non-hydrogen) atoms. The lowest BCUT2D eigenvalue weighted by molar-refractivity contribution is 0.209. The standard InChI is InChI=1S/C28H34N6O/c1-19(2)33-12-14-34(15-13-33)23-8-6-21(7-9-23)22-16-25(28-26(17-22)32(4)20(3)30-28)31-27-18-24(35-5)10-11-29-27/h6-11,16-19H,12-15H2,1-5H3,(H,29,31). The molecule has 5 rings (SSSR count). The summed E-state index contributed by atoms with van der Waals surface area (Å²) in [5.74, 6) is 2.45. The van der Waals surface area contributed by atoms with Crippen molar-refractivity contribution in [1.29, 1.82) is 0 Å². The van der Waals surface area contributed by atoms with Gasteiger partial charge in [0.25, 0.3) is 0 Å². The lowest BCUT2D eigenvalue weighted by Crippen LogP contribution is -2.48. The molecule has 182 valence electrons. The molecule has 0 bridgehead atoms. The minimum atomic E-state index is 0.611. The monoisotopic (exact) mass is 470 g/mol. The van der Waals surface area contributed by atoms with Gasteiger partial charge in [0.2, 0.25) is 0 Å². The zero-order valence-corrected chi connectivity index (χ0v) is 21.2. The van der Waals surface area contributed by atoms with Crippen molar-refractivity contribution in [2.24, 2.45) is 7.05 Å². The van der Waals surface area contributed by atoms with Crippen molar-refractivity contribution in [3.8, 4) is 16.9 Å². The second-order valence-electron chi connectivity index (χ2n) is 9.48. The Hall–Kier alpha value is -3.58. The molecule has 0 radical (unpaired) electrons. The Labute approximate surface area is 207 Å². The van der Waals surface area contributed by atoms with E-state index in [0.29, 0.717) is 6.04 Å². The van der Waals surface area contributed by atoms with Gasteiger partial charge in [0.15, 0.2) is 0 Å². The lowest BCUT2D eigenvalue weighted by atomic mass is 10.0. The highest BCUT2D eigenvalue weighted by Crippen LogP contribution is 2.34. The van der Waals surface area contributed by atoms with E-state index in [9.17, 15) is 0 Å². The molecule has 4 aromatic rings. The smallest absolute Gasteiger partial charge is 0.134 e. The van der Waals surface area contributed by atoms with E-state index in [1.54, 1.807) is 13.3 Å². The van der Waals surface area contributed by atoms with Crippen LogP contribution < -0.4 is 15.0 Å². The number of nitrogens with one attached hydrogen (secondary N) is 1. The van der Waals surface area contributed by atoms with Crippen LogP contribution >= 0.6 is 0 Å². The fraction of sp³-hybridized carbons (Fsp3) is 0.357. The van der Waals surface area contributed by atoms with Crippen molar-refractivity contribution in [2.75, 3.05) is 43.5 Å². The molecule has 1 N–H and O–H groups in total. The number of ether oxygens (including phenoxy) is 1. The number of aryl methyl sites for hydroxylation is 2. The first-order chi connectivity index (χ1) is 16.9. The molecule has 0 spiro atoms. The second kappa shape index (κ2) is 9.58. The van der Waals surface area contributed by atoms with E-state index in [0.717, 1.165) is 65.9 Å². The van der Waals surface area contributed by atoms with Gasteiger partial charge >= 0.3 is 0 Å². The molecular weight excluding hydrogens is 436 g/mol. The van der Waals surface area contributed by atoms with Crippen molar-refractivity contribution in [3.63, 3.8) is 0 Å². The third-order valence-corrected chi connectivity index (χ3v) is 7.05. The van der Waals surface area contributed by atoms with Gasteiger partial charge in [0.1, 0.15) is 22.9 Å². The zero-order chi connectivity index (χ0) is 24.5. The SMILES string of the molecule is COc1ccnc(Nc2cc(-c3ccc(N4CCN(C(C)C)CC4)cc3)cc3c2nc(C)n3C)c1. The van der Waals surface area contributed by atoms with E-state index < -0.39 is 0 Å². The summed E-state index contributed by atoms with van der Waals surface area (Å²) in [4.78, 5) is 14.3. The number of pyridine rings is 1. The van der Waals surface area contributed by atoms with Crippen LogP contribution in [-0.2, 0) is 7.05 Å². The number of imidazole rings is 1. The number of nitrogens with zero attached hydrogens (tertiary/aromatic N) is 5. The topological polar surface area (TPSA) is 58.5 Å². The Morgan fingerprint density at radius 3 is 2.37 bits per heavy atom. The van der Waals surface area contributed by atoms with Gasteiger partial charge < -0.3 is 19.5 Å². The Morgan fingerprint density at radius 1 is 0.943 bits per heavy atom.